The minimum absolute atomic E-state index is 0.0709. The molecule has 140 valence electrons. The van der Waals surface area contributed by atoms with E-state index in [0.717, 1.165) is 5.56 Å². The van der Waals surface area contributed by atoms with Gasteiger partial charge in [-0.25, -0.2) is 0 Å². The smallest absolute Gasteiger partial charge is 0.193 e. The van der Waals surface area contributed by atoms with E-state index >= 15 is 0 Å². The second-order valence-electron chi connectivity index (χ2n) is 8.16. The molecule has 0 spiro atoms. The maximum Gasteiger partial charge on any atom is 0.193 e. The van der Waals surface area contributed by atoms with Crippen LogP contribution >= 0.6 is 0 Å². The van der Waals surface area contributed by atoms with E-state index in [0.29, 0.717) is 0 Å². The lowest BCUT2D eigenvalue weighted by atomic mass is 10.1. The summed E-state index contributed by atoms with van der Waals surface area (Å²) >= 11 is 0. The summed E-state index contributed by atoms with van der Waals surface area (Å²) in [5.41, 5.74) is 2.32. The molecule has 0 saturated heterocycles. The number of benzene rings is 2. The summed E-state index contributed by atoms with van der Waals surface area (Å²) in [6.45, 7) is 11.4. The van der Waals surface area contributed by atoms with Gasteiger partial charge >= 0.3 is 0 Å². The van der Waals surface area contributed by atoms with Gasteiger partial charge in [-0.2, -0.15) is 0 Å². The molecule has 0 fully saturated rings. The quantitative estimate of drug-likeness (QED) is 0.400. The molecular formula is C23H32O2Si. The standard InChI is InChI=1S/C23H32O2Si/c1-23(2,3)26(5,6)25-22(20-15-11-8-12-16-20)18-17-21(24-4)19-13-9-7-10-14-19/h7-18,21-22H,1-6H3/b18-17+/t21?,22-/m1/s1. The Balaban J connectivity index is 2.29. The van der Waals surface area contributed by atoms with Crippen molar-refractivity contribution in [1.29, 1.82) is 0 Å². The normalized spacial score (nSPS) is 15.2. The Morgan fingerprint density at radius 1 is 0.769 bits per heavy atom. The molecule has 0 radical (unpaired) electrons. The lowest BCUT2D eigenvalue weighted by Crippen LogP contribution is -2.41. The van der Waals surface area contributed by atoms with Gasteiger partial charge < -0.3 is 9.16 Å². The van der Waals surface area contributed by atoms with Crippen LogP contribution in [0.2, 0.25) is 18.1 Å². The minimum atomic E-state index is -1.90. The van der Waals surface area contributed by atoms with Crippen LogP contribution in [0.3, 0.4) is 0 Å². The molecule has 2 rings (SSSR count). The molecule has 2 atom stereocenters. The maximum absolute atomic E-state index is 6.72. The second kappa shape index (κ2) is 8.80. The third-order valence-corrected chi connectivity index (χ3v) is 9.65. The molecule has 0 heterocycles. The average Bonchev–Trinajstić information content (AvgIpc) is 2.62. The van der Waals surface area contributed by atoms with Crippen molar-refractivity contribution >= 4 is 8.32 Å². The van der Waals surface area contributed by atoms with E-state index in [-0.39, 0.29) is 17.2 Å². The lowest BCUT2D eigenvalue weighted by Gasteiger charge is -2.38. The largest absolute Gasteiger partial charge is 0.407 e. The van der Waals surface area contributed by atoms with Crippen molar-refractivity contribution in [3.05, 3.63) is 83.9 Å². The van der Waals surface area contributed by atoms with E-state index in [1.165, 1.54) is 5.56 Å². The summed E-state index contributed by atoms with van der Waals surface area (Å²) in [7, 11) is -0.160. The first-order valence-electron chi connectivity index (χ1n) is 9.23. The van der Waals surface area contributed by atoms with Gasteiger partial charge in [0.1, 0.15) is 6.10 Å². The van der Waals surface area contributed by atoms with Gasteiger partial charge in [-0.15, -0.1) is 0 Å². The Hall–Kier alpha value is -1.68. The van der Waals surface area contributed by atoms with Gasteiger partial charge in [0.25, 0.3) is 0 Å². The minimum Gasteiger partial charge on any atom is -0.407 e. The molecule has 0 aromatic heterocycles. The molecule has 26 heavy (non-hydrogen) atoms. The van der Waals surface area contributed by atoms with Gasteiger partial charge in [0.05, 0.1) is 6.10 Å². The van der Waals surface area contributed by atoms with Gasteiger partial charge in [0.2, 0.25) is 0 Å². The summed E-state index contributed by atoms with van der Waals surface area (Å²) in [6.07, 6.45) is 4.11. The molecule has 0 bridgehead atoms. The zero-order valence-corrected chi connectivity index (χ0v) is 17.9. The third-order valence-electron chi connectivity index (χ3n) is 5.20. The Labute approximate surface area is 160 Å². The van der Waals surface area contributed by atoms with Crippen LogP contribution in [-0.4, -0.2) is 15.4 Å². The molecule has 0 N–H and O–H groups in total. The van der Waals surface area contributed by atoms with Gasteiger partial charge in [0, 0.05) is 7.11 Å². The fourth-order valence-corrected chi connectivity index (χ4v) is 3.73. The Kier molecular flexibility index (Phi) is 6.99. The topological polar surface area (TPSA) is 18.5 Å². The average molecular weight is 369 g/mol. The molecule has 2 aromatic carbocycles. The first-order chi connectivity index (χ1) is 12.2. The fraction of sp³-hybridized carbons (Fsp3) is 0.391. The zero-order chi connectivity index (χ0) is 19.2. The predicted octanol–water partition coefficient (Wildman–Crippen LogP) is 6.69. The van der Waals surface area contributed by atoms with Gasteiger partial charge in [-0.3, -0.25) is 0 Å². The number of methoxy groups -OCH3 is 1. The van der Waals surface area contributed by atoms with Crippen molar-refractivity contribution in [2.24, 2.45) is 0 Å². The zero-order valence-electron chi connectivity index (χ0n) is 16.9. The van der Waals surface area contributed by atoms with Crippen LogP contribution in [-0.2, 0) is 9.16 Å². The van der Waals surface area contributed by atoms with Gasteiger partial charge in [0.15, 0.2) is 8.32 Å². The van der Waals surface area contributed by atoms with Crippen LogP contribution < -0.4 is 0 Å². The molecule has 0 saturated carbocycles. The van der Waals surface area contributed by atoms with E-state index in [9.17, 15) is 0 Å². The Bertz CT molecular complexity index is 687. The summed E-state index contributed by atoms with van der Waals surface area (Å²) in [5.74, 6) is 0. The monoisotopic (exact) mass is 368 g/mol. The van der Waals surface area contributed by atoms with E-state index in [1.54, 1.807) is 7.11 Å². The summed E-state index contributed by atoms with van der Waals surface area (Å²) in [5, 5.41) is 0.161. The fourth-order valence-electron chi connectivity index (χ4n) is 2.53. The van der Waals surface area contributed by atoms with Crippen molar-refractivity contribution < 1.29 is 9.16 Å². The Morgan fingerprint density at radius 2 is 1.19 bits per heavy atom. The van der Waals surface area contributed by atoms with Crippen molar-refractivity contribution in [3.8, 4) is 0 Å². The number of hydrogen-bond acceptors (Lipinski definition) is 2. The van der Waals surface area contributed by atoms with Crippen LogP contribution in [0, 0.1) is 0 Å². The summed E-state index contributed by atoms with van der Waals surface area (Å²) in [4.78, 5) is 0. The van der Waals surface area contributed by atoms with Crippen molar-refractivity contribution in [2.75, 3.05) is 7.11 Å². The SMILES string of the molecule is COC(/C=C/[C@@H](O[Si](C)(C)C(C)(C)C)c1ccccc1)c1ccccc1. The third kappa shape index (κ3) is 5.40. The van der Waals surface area contributed by atoms with Crippen LogP contribution in [0.25, 0.3) is 0 Å². The molecule has 1 unspecified atom stereocenters. The van der Waals surface area contributed by atoms with Crippen LogP contribution in [0.4, 0.5) is 0 Å². The van der Waals surface area contributed by atoms with Crippen LogP contribution in [0.5, 0.6) is 0 Å². The summed E-state index contributed by atoms with van der Waals surface area (Å²) < 4.78 is 12.4. The lowest BCUT2D eigenvalue weighted by molar-refractivity contribution is 0.140. The molecule has 2 aromatic rings. The Morgan fingerprint density at radius 3 is 1.62 bits per heavy atom. The predicted molar refractivity (Wildman–Crippen MR) is 113 cm³/mol. The van der Waals surface area contributed by atoms with Crippen LogP contribution in [0.1, 0.15) is 44.1 Å². The molecule has 3 heteroatoms. The van der Waals surface area contributed by atoms with Crippen molar-refractivity contribution in [2.45, 2.75) is 51.1 Å². The van der Waals surface area contributed by atoms with Gasteiger partial charge in [-0.05, 0) is 29.3 Å². The molecule has 2 nitrogen and oxygen atoms in total. The summed E-state index contributed by atoms with van der Waals surface area (Å²) in [6, 6.07) is 20.7. The van der Waals surface area contributed by atoms with E-state index in [4.69, 9.17) is 9.16 Å². The first-order valence-corrected chi connectivity index (χ1v) is 12.1. The van der Waals surface area contributed by atoms with E-state index < -0.39 is 8.32 Å². The first kappa shape index (κ1) is 20.6. The van der Waals surface area contributed by atoms with Crippen LogP contribution in [0.15, 0.2) is 72.8 Å². The number of hydrogen-bond donors (Lipinski definition) is 0. The molecule has 0 aliphatic rings. The molecular weight excluding hydrogens is 336 g/mol. The molecule has 0 aliphatic carbocycles. The van der Waals surface area contributed by atoms with Crippen molar-refractivity contribution in [1.82, 2.24) is 0 Å². The molecule has 0 amide bonds. The number of rotatable bonds is 7. The number of ether oxygens (including phenoxy) is 1. The highest BCUT2D eigenvalue weighted by Gasteiger charge is 2.39. The maximum atomic E-state index is 6.72. The molecule has 0 aliphatic heterocycles. The van der Waals surface area contributed by atoms with Gasteiger partial charge in [-0.1, -0.05) is 93.6 Å². The van der Waals surface area contributed by atoms with E-state index in [2.05, 4.69) is 82.4 Å². The van der Waals surface area contributed by atoms with Crippen molar-refractivity contribution in [3.63, 3.8) is 0 Å². The van der Waals surface area contributed by atoms with E-state index in [1.807, 2.05) is 24.3 Å². The highest BCUT2D eigenvalue weighted by molar-refractivity contribution is 6.74. The second-order valence-corrected chi connectivity index (χ2v) is 12.9. The highest BCUT2D eigenvalue weighted by atomic mass is 28.4. The highest BCUT2D eigenvalue weighted by Crippen LogP contribution is 2.40.